The van der Waals surface area contributed by atoms with Gasteiger partial charge in [0.2, 0.25) is 5.95 Å². The fraction of sp³-hybridized carbons (Fsp3) is 0.0952. The summed E-state index contributed by atoms with van der Waals surface area (Å²) in [6, 6.07) is 17.7. The van der Waals surface area contributed by atoms with E-state index in [4.69, 9.17) is 4.74 Å². The topological polar surface area (TPSA) is 72.0 Å². The van der Waals surface area contributed by atoms with E-state index in [0.29, 0.717) is 11.8 Å². The monoisotopic (exact) mass is 357 g/mol. The van der Waals surface area contributed by atoms with E-state index in [1.165, 1.54) is 0 Å². The second-order valence-corrected chi connectivity index (χ2v) is 6.10. The summed E-state index contributed by atoms with van der Waals surface area (Å²) in [5.74, 6) is 1.90. The van der Waals surface area contributed by atoms with Crippen molar-refractivity contribution in [3.8, 4) is 5.75 Å². The Bertz CT molecular complexity index is 1090. The zero-order chi connectivity index (χ0) is 18.6. The number of hydrogen-bond acceptors (Lipinski definition) is 6. The van der Waals surface area contributed by atoms with Gasteiger partial charge in [-0.15, -0.1) is 0 Å². The normalized spacial score (nSPS) is 10.6. The number of para-hydroxylation sites is 1. The predicted octanol–water partition coefficient (Wildman–Crippen LogP) is 4.83. The summed E-state index contributed by atoms with van der Waals surface area (Å²) in [6.45, 7) is 2.02. The van der Waals surface area contributed by atoms with E-state index in [2.05, 4.69) is 25.6 Å². The maximum atomic E-state index is 5.40. The molecule has 0 unspecified atom stereocenters. The van der Waals surface area contributed by atoms with Gasteiger partial charge in [0.25, 0.3) is 0 Å². The molecule has 2 aromatic heterocycles. The number of nitrogens with one attached hydrogen (secondary N) is 2. The summed E-state index contributed by atoms with van der Waals surface area (Å²) in [7, 11) is 1.64. The number of fused-ring (bicyclic) bond motifs is 1. The summed E-state index contributed by atoms with van der Waals surface area (Å²) in [6.07, 6.45) is 3.49. The molecule has 0 bridgehead atoms. The van der Waals surface area contributed by atoms with Crippen LogP contribution in [0.1, 0.15) is 5.56 Å². The molecule has 4 rings (SSSR count). The van der Waals surface area contributed by atoms with Crippen molar-refractivity contribution < 1.29 is 4.74 Å². The van der Waals surface area contributed by atoms with Crippen molar-refractivity contribution >= 4 is 34.0 Å². The Balaban J connectivity index is 1.62. The zero-order valence-electron chi connectivity index (χ0n) is 15.1. The number of aromatic nitrogens is 3. The Labute approximate surface area is 157 Å². The fourth-order valence-corrected chi connectivity index (χ4v) is 2.87. The van der Waals surface area contributed by atoms with Crippen molar-refractivity contribution in [3.05, 3.63) is 72.6 Å². The SMILES string of the molecule is COc1ccc(C)cc1Nc1nccc(Nc2cccc3cccnc23)n1. The number of pyridine rings is 1. The van der Waals surface area contributed by atoms with Crippen LogP contribution in [0.15, 0.2) is 67.0 Å². The van der Waals surface area contributed by atoms with Gasteiger partial charge in [-0.2, -0.15) is 4.98 Å². The van der Waals surface area contributed by atoms with Gasteiger partial charge in [0.1, 0.15) is 11.6 Å². The smallest absolute Gasteiger partial charge is 0.229 e. The van der Waals surface area contributed by atoms with Gasteiger partial charge < -0.3 is 15.4 Å². The molecule has 27 heavy (non-hydrogen) atoms. The lowest BCUT2D eigenvalue weighted by Crippen LogP contribution is -2.02. The van der Waals surface area contributed by atoms with E-state index in [0.717, 1.165) is 33.6 Å². The molecule has 0 aliphatic carbocycles. The van der Waals surface area contributed by atoms with Crippen LogP contribution in [0.3, 0.4) is 0 Å². The highest BCUT2D eigenvalue weighted by atomic mass is 16.5. The van der Waals surface area contributed by atoms with E-state index < -0.39 is 0 Å². The first-order chi connectivity index (χ1) is 13.2. The number of ether oxygens (including phenoxy) is 1. The second kappa shape index (κ2) is 7.29. The third kappa shape index (κ3) is 3.64. The molecule has 0 saturated carbocycles. The van der Waals surface area contributed by atoms with Crippen molar-refractivity contribution in [3.63, 3.8) is 0 Å². The lowest BCUT2D eigenvalue weighted by molar-refractivity contribution is 0.416. The number of benzene rings is 2. The van der Waals surface area contributed by atoms with E-state index in [9.17, 15) is 0 Å². The van der Waals surface area contributed by atoms with E-state index in [-0.39, 0.29) is 0 Å². The van der Waals surface area contributed by atoms with Crippen LogP contribution >= 0.6 is 0 Å². The van der Waals surface area contributed by atoms with Crippen molar-refractivity contribution in [2.45, 2.75) is 6.92 Å². The van der Waals surface area contributed by atoms with Crippen LogP contribution in [0, 0.1) is 6.92 Å². The lowest BCUT2D eigenvalue weighted by Gasteiger charge is -2.12. The van der Waals surface area contributed by atoms with Crippen molar-refractivity contribution in [1.29, 1.82) is 0 Å². The Kier molecular flexibility index (Phi) is 4.53. The molecule has 0 saturated heterocycles. The number of rotatable bonds is 5. The number of anilines is 4. The first-order valence-corrected chi connectivity index (χ1v) is 8.58. The molecule has 6 nitrogen and oxygen atoms in total. The van der Waals surface area contributed by atoms with Gasteiger partial charge in [-0.25, -0.2) is 4.98 Å². The minimum atomic E-state index is 0.483. The quantitative estimate of drug-likeness (QED) is 0.533. The van der Waals surface area contributed by atoms with Crippen LogP contribution in [-0.4, -0.2) is 22.1 Å². The van der Waals surface area contributed by atoms with Gasteiger partial charge >= 0.3 is 0 Å². The molecule has 2 N–H and O–H groups in total. The summed E-state index contributed by atoms with van der Waals surface area (Å²) >= 11 is 0. The molecular weight excluding hydrogens is 338 g/mol. The molecular formula is C21H19N5O. The molecule has 134 valence electrons. The fourth-order valence-electron chi connectivity index (χ4n) is 2.87. The first-order valence-electron chi connectivity index (χ1n) is 8.58. The van der Waals surface area contributed by atoms with Crippen LogP contribution in [0.2, 0.25) is 0 Å². The molecule has 0 fully saturated rings. The van der Waals surface area contributed by atoms with Gasteiger partial charge in [-0.1, -0.05) is 24.3 Å². The number of aryl methyl sites for hydroxylation is 1. The number of methoxy groups -OCH3 is 1. The zero-order valence-corrected chi connectivity index (χ0v) is 15.1. The Morgan fingerprint density at radius 2 is 1.74 bits per heavy atom. The number of hydrogen-bond donors (Lipinski definition) is 2. The highest BCUT2D eigenvalue weighted by molar-refractivity contribution is 5.91. The Morgan fingerprint density at radius 3 is 2.63 bits per heavy atom. The molecule has 0 aliphatic rings. The largest absolute Gasteiger partial charge is 0.495 e. The molecule has 6 heteroatoms. The van der Waals surface area contributed by atoms with Crippen LogP contribution in [0.25, 0.3) is 10.9 Å². The predicted molar refractivity (Wildman–Crippen MR) is 108 cm³/mol. The highest BCUT2D eigenvalue weighted by Gasteiger charge is 2.07. The van der Waals surface area contributed by atoms with Crippen molar-refractivity contribution in [2.75, 3.05) is 17.7 Å². The molecule has 0 aliphatic heterocycles. The molecule has 2 heterocycles. The molecule has 2 aromatic carbocycles. The summed E-state index contributed by atoms with van der Waals surface area (Å²) in [5.41, 5.74) is 3.73. The van der Waals surface area contributed by atoms with Crippen molar-refractivity contribution in [2.24, 2.45) is 0 Å². The summed E-state index contributed by atoms with van der Waals surface area (Å²) < 4.78 is 5.40. The minimum Gasteiger partial charge on any atom is -0.495 e. The molecule has 0 radical (unpaired) electrons. The molecule has 0 amide bonds. The van der Waals surface area contributed by atoms with Crippen molar-refractivity contribution in [1.82, 2.24) is 15.0 Å². The molecule has 0 atom stereocenters. The molecule has 4 aromatic rings. The van der Waals surface area contributed by atoms with E-state index in [1.54, 1.807) is 19.5 Å². The first kappa shape index (κ1) is 16.8. The summed E-state index contributed by atoms with van der Waals surface area (Å²) in [5, 5.41) is 7.62. The molecule has 0 spiro atoms. The number of nitrogens with zero attached hydrogens (tertiary/aromatic N) is 3. The maximum Gasteiger partial charge on any atom is 0.229 e. The third-order valence-electron chi connectivity index (χ3n) is 4.15. The van der Waals surface area contributed by atoms with Gasteiger partial charge in [0.05, 0.1) is 24.0 Å². The Morgan fingerprint density at radius 1 is 0.852 bits per heavy atom. The van der Waals surface area contributed by atoms with E-state index >= 15 is 0 Å². The standard InChI is InChI=1S/C21H19N5O/c1-14-8-9-18(27-2)17(13-14)25-21-23-12-10-19(26-21)24-16-7-3-5-15-6-4-11-22-20(15)16/h3-13H,1-2H3,(H2,23,24,25,26). The lowest BCUT2D eigenvalue weighted by atomic mass is 10.2. The van der Waals surface area contributed by atoms with Gasteiger partial charge in [-0.05, 0) is 42.8 Å². The average molecular weight is 357 g/mol. The van der Waals surface area contributed by atoms with Gasteiger partial charge in [0.15, 0.2) is 0 Å². The van der Waals surface area contributed by atoms with Crippen LogP contribution in [0.4, 0.5) is 23.1 Å². The summed E-state index contributed by atoms with van der Waals surface area (Å²) in [4.78, 5) is 13.3. The minimum absolute atomic E-state index is 0.483. The highest BCUT2D eigenvalue weighted by Crippen LogP contribution is 2.28. The van der Waals surface area contributed by atoms with Gasteiger partial charge in [-0.3, -0.25) is 4.98 Å². The van der Waals surface area contributed by atoms with Crippen LogP contribution < -0.4 is 15.4 Å². The maximum absolute atomic E-state index is 5.40. The van der Waals surface area contributed by atoms with Gasteiger partial charge in [0, 0.05) is 17.8 Å². The Hall–Kier alpha value is -3.67. The average Bonchev–Trinajstić information content (AvgIpc) is 2.69. The van der Waals surface area contributed by atoms with Crippen LogP contribution in [-0.2, 0) is 0 Å². The van der Waals surface area contributed by atoms with Crippen LogP contribution in [0.5, 0.6) is 5.75 Å². The second-order valence-electron chi connectivity index (χ2n) is 6.10. The van der Waals surface area contributed by atoms with E-state index in [1.807, 2.05) is 61.5 Å². The third-order valence-corrected chi connectivity index (χ3v) is 4.15.